The SMILES string of the molecule is CC(=O)Nc1c(C)cn(C(C)=O)c1C. The zero-order valence-corrected chi connectivity index (χ0v) is 8.84. The molecule has 0 aromatic carbocycles. The van der Waals surface area contributed by atoms with Crippen LogP contribution in [-0.4, -0.2) is 16.4 Å². The Labute approximate surface area is 82.9 Å². The second-order valence-corrected chi connectivity index (χ2v) is 3.34. The van der Waals surface area contributed by atoms with Gasteiger partial charge in [-0.1, -0.05) is 0 Å². The van der Waals surface area contributed by atoms with Crippen LogP contribution in [0.3, 0.4) is 0 Å². The van der Waals surface area contributed by atoms with Crippen LogP contribution in [0.25, 0.3) is 0 Å². The standard InChI is InChI=1S/C10H14N2O2/c1-6-5-12(9(4)14)7(2)10(6)11-8(3)13/h5H,1-4H3,(H,11,13). The van der Waals surface area contributed by atoms with E-state index in [1.54, 1.807) is 13.1 Å². The molecule has 0 fully saturated rings. The predicted octanol–water partition coefficient (Wildman–Crippen LogP) is 1.72. The van der Waals surface area contributed by atoms with Gasteiger partial charge in [0, 0.05) is 25.7 Å². The Bertz CT molecular complexity index is 391. The third-order valence-corrected chi connectivity index (χ3v) is 2.08. The molecule has 1 N–H and O–H groups in total. The molecule has 0 saturated carbocycles. The summed E-state index contributed by atoms with van der Waals surface area (Å²) in [4.78, 5) is 22.1. The number of amides is 1. The number of nitrogens with one attached hydrogen (secondary N) is 1. The molecule has 4 nitrogen and oxygen atoms in total. The van der Waals surface area contributed by atoms with Gasteiger partial charge in [-0.15, -0.1) is 0 Å². The number of aryl methyl sites for hydroxylation is 1. The Balaban J connectivity index is 3.17. The molecule has 14 heavy (non-hydrogen) atoms. The maximum absolute atomic E-state index is 11.2. The number of aromatic nitrogens is 1. The Hall–Kier alpha value is -1.58. The van der Waals surface area contributed by atoms with E-state index in [9.17, 15) is 9.59 Å². The molecule has 0 atom stereocenters. The molecular weight excluding hydrogens is 180 g/mol. The first-order valence-corrected chi connectivity index (χ1v) is 4.40. The lowest BCUT2D eigenvalue weighted by Gasteiger charge is -2.04. The van der Waals surface area contributed by atoms with E-state index < -0.39 is 0 Å². The summed E-state index contributed by atoms with van der Waals surface area (Å²) in [6.45, 7) is 6.60. The molecule has 0 spiro atoms. The molecule has 1 aromatic rings. The lowest BCUT2D eigenvalue weighted by Crippen LogP contribution is -2.10. The van der Waals surface area contributed by atoms with Crippen molar-refractivity contribution in [2.24, 2.45) is 0 Å². The zero-order chi connectivity index (χ0) is 10.9. The van der Waals surface area contributed by atoms with Crippen LogP contribution in [0.1, 0.15) is 29.9 Å². The van der Waals surface area contributed by atoms with Crippen LogP contribution in [0.15, 0.2) is 6.20 Å². The monoisotopic (exact) mass is 194 g/mol. The third-order valence-electron chi connectivity index (χ3n) is 2.08. The lowest BCUT2D eigenvalue weighted by atomic mass is 10.3. The average molecular weight is 194 g/mol. The first-order chi connectivity index (χ1) is 6.43. The van der Waals surface area contributed by atoms with Gasteiger partial charge >= 0.3 is 0 Å². The summed E-state index contributed by atoms with van der Waals surface area (Å²) in [6, 6.07) is 0. The van der Waals surface area contributed by atoms with Gasteiger partial charge in [0.15, 0.2) is 0 Å². The van der Waals surface area contributed by atoms with E-state index in [1.807, 2.05) is 6.92 Å². The number of rotatable bonds is 1. The second-order valence-electron chi connectivity index (χ2n) is 3.34. The normalized spacial score (nSPS) is 10.0. The number of hydrogen-bond donors (Lipinski definition) is 1. The smallest absolute Gasteiger partial charge is 0.227 e. The van der Waals surface area contributed by atoms with Crippen molar-refractivity contribution < 1.29 is 9.59 Å². The maximum Gasteiger partial charge on any atom is 0.227 e. The molecule has 1 amide bonds. The fourth-order valence-corrected chi connectivity index (χ4v) is 1.45. The van der Waals surface area contributed by atoms with Gasteiger partial charge in [-0.3, -0.25) is 14.2 Å². The number of nitrogens with zero attached hydrogens (tertiary/aromatic N) is 1. The molecule has 1 aromatic heterocycles. The van der Waals surface area contributed by atoms with Crippen LogP contribution in [0, 0.1) is 13.8 Å². The number of hydrogen-bond acceptors (Lipinski definition) is 2. The summed E-state index contributed by atoms with van der Waals surface area (Å²) < 4.78 is 1.53. The van der Waals surface area contributed by atoms with Crippen molar-refractivity contribution in [2.75, 3.05) is 5.32 Å². The van der Waals surface area contributed by atoms with E-state index >= 15 is 0 Å². The highest BCUT2D eigenvalue weighted by molar-refractivity contribution is 5.91. The molecule has 0 saturated heterocycles. The maximum atomic E-state index is 11.2. The summed E-state index contributed by atoms with van der Waals surface area (Å²) >= 11 is 0. The molecule has 0 aliphatic rings. The number of anilines is 1. The molecule has 76 valence electrons. The van der Waals surface area contributed by atoms with Crippen LogP contribution in [0.2, 0.25) is 0 Å². The minimum atomic E-state index is -0.127. The molecule has 1 heterocycles. The number of carbonyl (C=O) groups is 2. The molecular formula is C10H14N2O2. The average Bonchev–Trinajstić information content (AvgIpc) is 2.31. The fraction of sp³-hybridized carbons (Fsp3) is 0.400. The summed E-state index contributed by atoms with van der Waals surface area (Å²) in [5.41, 5.74) is 2.39. The topological polar surface area (TPSA) is 51.1 Å². The van der Waals surface area contributed by atoms with Crippen LogP contribution < -0.4 is 5.32 Å². The van der Waals surface area contributed by atoms with Gasteiger partial charge in [-0.05, 0) is 19.4 Å². The zero-order valence-electron chi connectivity index (χ0n) is 8.84. The van der Waals surface area contributed by atoms with E-state index in [4.69, 9.17) is 0 Å². The molecule has 0 aliphatic heterocycles. The quantitative estimate of drug-likeness (QED) is 0.740. The van der Waals surface area contributed by atoms with Gasteiger partial charge < -0.3 is 5.32 Å². The molecule has 1 rings (SSSR count). The van der Waals surface area contributed by atoms with E-state index in [1.165, 1.54) is 18.4 Å². The molecule has 0 radical (unpaired) electrons. The summed E-state index contributed by atoms with van der Waals surface area (Å²) in [5.74, 6) is -0.181. The van der Waals surface area contributed by atoms with Crippen LogP contribution in [0.4, 0.5) is 5.69 Å². The van der Waals surface area contributed by atoms with E-state index in [2.05, 4.69) is 5.32 Å². The highest BCUT2D eigenvalue weighted by Gasteiger charge is 2.12. The van der Waals surface area contributed by atoms with Crippen LogP contribution in [-0.2, 0) is 4.79 Å². The highest BCUT2D eigenvalue weighted by atomic mass is 16.2. The lowest BCUT2D eigenvalue weighted by molar-refractivity contribution is -0.114. The minimum Gasteiger partial charge on any atom is -0.325 e. The Morgan fingerprint density at radius 3 is 2.21 bits per heavy atom. The van der Waals surface area contributed by atoms with E-state index in [-0.39, 0.29) is 11.8 Å². The van der Waals surface area contributed by atoms with Gasteiger partial charge in [0.2, 0.25) is 11.8 Å². The van der Waals surface area contributed by atoms with Crippen LogP contribution >= 0.6 is 0 Å². The van der Waals surface area contributed by atoms with Crippen molar-refractivity contribution in [3.8, 4) is 0 Å². The fourth-order valence-electron chi connectivity index (χ4n) is 1.45. The van der Waals surface area contributed by atoms with Crippen molar-refractivity contribution in [3.63, 3.8) is 0 Å². The van der Waals surface area contributed by atoms with Gasteiger partial charge in [0.1, 0.15) is 0 Å². The minimum absolute atomic E-state index is 0.0535. The van der Waals surface area contributed by atoms with Gasteiger partial charge in [-0.2, -0.15) is 0 Å². The Morgan fingerprint density at radius 1 is 1.29 bits per heavy atom. The van der Waals surface area contributed by atoms with Gasteiger partial charge in [0.05, 0.1) is 5.69 Å². The van der Waals surface area contributed by atoms with Crippen LogP contribution in [0.5, 0.6) is 0 Å². The molecule has 0 aliphatic carbocycles. The molecule has 4 heteroatoms. The van der Waals surface area contributed by atoms with Crippen molar-refractivity contribution in [3.05, 3.63) is 17.5 Å². The first kappa shape index (κ1) is 10.5. The van der Waals surface area contributed by atoms with Gasteiger partial charge in [0.25, 0.3) is 0 Å². The second kappa shape index (κ2) is 3.65. The van der Waals surface area contributed by atoms with Crippen molar-refractivity contribution >= 4 is 17.5 Å². The van der Waals surface area contributed by atoms with Crippen molar-refractivity contribution in [1.29, 1.82) is 0 Å². The Morgan fingerprint density at radius 2 is 1.86 bits per heavy atom. The summed E-state index contributed by atoms with van der Waals surface area (Å²) in [6.07, 6.45) is 1.73. The Kier molecular flexibility index (Phi) is 2.74. The molecule has 0 unspecified atom stereocenters. The third kappa shape index (κ3) is 1.84. The van der Waals surface area contributed by atoms with Gasteiger partial charge in [-0.25, -0.2) is 0 Å². The predicted molar refractivity (Wildman–Crippen MR) is 54.5 cm³/mol. The van der Waals surface area contributed by atoms with Crippen molar-refractivity contribution in [2.45, 2.75) is 27.7 Å². The first-order valence-electron chi connectivity index (χ1n) is 4.40. The highest BCUT2D eigenvalue weighted by Crippen LogP contribution is 2.21. The van der Waals surface area contributed by atoms with Crippen molar-refractivity contribution in [1.82, 2.24) is 4.57 Å². The number of carbonyl (C=O) groups excluding carboxylic acids is 2. The summed E-state index contributed by atoms with van der Waals surface area (Å²) in [5, 5.41) is 2.70. The summed E-state index contributed by atoms with van der Waals surface area (Å²) in [7, 11) is 0. The van der Waals surface area contributed by atoms with E-state index in [0.717, 1.165) is 16.9 Å². The molecule has 0 bridgehead atoms. The van der Waals surface area contributed by atoms with E-state index in [0.29, 0.717) is 0 Å². The largest absolute Gasteiger partial charge is 0.325 e.